The molecule has 5 heteroatoms. The Morgan fingerprint density at radius 1 is 1.43 bits per heavy atom. The van der Waals surface area contributed by atoms with Gasteiger partial charge in [0.15, 0.2) is 0 Å². The lowest BCUT2D eigenvalue weighted by Gasteiger charge is -2.21. The van der Waals surface area contributed by atoms with Gasteiger partial charge in [0.25, 0.3) is 0 Å². The summed E-state index contributed by atoms with van der Waals surface area (Å²) < 4.78 is 7.58. The first-order chi connectivity index (χ1) is 11.1. The maximum Gasteiger partial charge on any atom is 0.244 e. The van der Waals surface area contributed by atoms with Crippen molar-refractivity contribution < 1.29 is 9.53 Å². The van der Waals surface area contributed by atoms with Crippen LogP contribution in [0.15, 0.2) is 24.4 Å². The summed E-state index contributed by atoms with van der Waals surface area (Å²) in [6.07, 6.45) is 3.91. The zero-order chi connectivity index (χ0) is 16.4. The molecule has 23 heavy (non-hydrogen) atoms. The number of benzene rings is 1. The first-order valence-corrected chi connectivity index (χ1v) is 8.12. The zero-order valence-corrected chi connectivity index (χ0v) is 14.0. The Morgan fingerprint density at radius 2 is 2.26 bits per heavy atom. The van der Waals surface area contributed by atoms with Crippen LogP contribution in [-0.2, 0) is 17.9 Å². The highest BCUT2D eigenvalue weighted by molar-refractivity contribution is 5.78. The summed E-state index contributed by atoms with van der Waals surface area (Å²) in [5.41, 5.74) is 4.23. The van der Waals surface area contributed by atoms with E-state index >= 15 is 0 Å². The molecule has 0 spiro atoms. The fourth-order valence-corrected chi connectivity index (χ4v) is 2.84. The fourth-order valence-electron chi connectivity index (χ4n) is 2.84. The van der Waals surface area contributed by atoms with E-state index < -0.39 is 0 Å². The van der Waals surface area contributed by atoms with E-state index in [-0.39, 0.29) is 12.5 Å². The van der Waals surface area contributed by atoms with Crippen LogP contribution in [0.1, 0.15) is 30.9 Å². The number of fused-ring (bicyclic) bond motifs is 3. The van der Waals surface area contributed by atoms with Crippen LogP contribution in [0.2, 0.25) is 0 Å². The summed E-state index contributed by atoms with van der Waals surface area (Å²) in [5.74, 6) is 0.946. The van der Waals surface area contributed by atoms with Crippen LogP contribution in [0, 0.1) is 6.92 Å². The molecule has 5 nitrogen and oxygen atoms in total. The van der Waals surface area contributed by atoms with Gasteiger partial charge >= 0.3 is 0 Å². The van der Waals surface area contributed by atoms with E-state index in [2.05, 4.69) is 25.0 Å². The Balaban J connectivity index is 1.87. The van der Waals surface area contributed by atoms with E-state index in [4.69, 9.17) is 4.74 Å². The van der Waals surface area contributed by atoms with E-state index in [9.17, 15) is 4.79 Å². The number of likely N-dealkylation sites (N-methyl/N-ethyl adjacent to an activating group) is 1. The van der Waals surface area contributed by atoms with Gasteiger partial charge in [-0.25, -0.2) is 0 Å². The number of hydrogen-bond acceptors (Lipinski definition) is 3. The zero-order valence-electron chi connectivity index (χ0n) is 14.0. The predicted molar refractivity (Wildman–Crippen MR) is 89.3 cm³/mol. The van der Waals surface area contributed by atoms with Crippen molar-refractivity contribution in [3.05, 3.63) is 35.5 Å². The Morgan fingerprint density at radius 3 is 3.04 bits per heavy atom. The topological polar surface area (TPSA) is 47.4 Å². The SMILES string of the molecule is CCCCN(C)C(=O)Cn1ncc2c1-c1cc(C)ccc1OC2. The third kappa shape index (κ3) is 3.09. The molecule has 2 heterocycles. The maximum atomic E-state index is 12.4. The van der Waals surface area contributed by atoms with Gasteiger partial charge in [-0.2, -0.15) is 5.10 Å². The Labute approximate surface area is 136 Å². The Hall–Kier alpha value is -2.30. The minimum atomic E-state index is 0.0880. The number of ether oxygens (including phenoxy) is 1. The average Bonchev–Trinajstić information content (AvgIpc) is 2.95. The second-order valence-corrected chi connectivity index (χ2v) is 6.13. The number of carbonyl (C=O) groups excluding carboxylic acids is 1. The number of nitrogens with zero attached hydrogens (tertiary/aromatic N) is 3. The van der Waals surface area contributed by atoms with E-state index in [1.807, 2.05) is 19.2 Å². The Bertz CT molecular complexity index is 721. The van der Waals surface area contributed by atoms with Crippen LogP contribution in [0.3, 0.4) is 0 Å². The molecule has 0 atom stereocenters. The van der Waals surface area contributed by atoms with Gasteiger partial charge in [0.2, 0.25) is 5.91 Å². The highest BCUT2D eigenvalue weighted by Gasteiger charge is 2.23. The summed E-state index contributed by atoms with van der Waals surface area (Å²) in [4.78, 5) is 14.2. The molecule has 0 fully saturated rings. The van der Waals surface area contributed by atoms with Gasteiger partial charge in [-0.1, -0.05) is 25.0 Å². The van der Waals surface area contributed by atoms with E-state index in [0.29, 0.717) is 6.61 Å². The van der Waals surface area contributed by atoms with E-state index in [0.717, 1.165) is 42.0 Å². The van der Waals surface area contributed by atoms with Crippen molar-refractivity contribution in [2.75, 3.05) is 13.6 Å². The number of hydrogen-bond donors (Lipinski definition) is 0. The molecule has 122 valence electrons. The highest BCUT2D eigenvalue weighted by atomic mass is 16.5. The van der Waals surface area contributed by atoms with Crippen LogP contribution in [0.25, 0.3) is 11.3 Å². The van der Waals surface area contributed by atoms with Crippen molar-refractivity contribution in [1.82, 2.24) is 14.7 Å². The quantitative estimate of drug-likeness (QED) is 0.852. The number of carbonyl (C=O) groups is 1. The molecular formula is C18H23N3O2. The highest BCUT2D eigenvalue weighted by Crippen LogP contribution is 2.37. The van der Waals surface area contributed by atoms with Gasteiger partial charge in [-0.15, -0.1) is 0 Å². The number of unbranched alkanes of at least 4 members (excludes halogenated alkanes) is 1. The van der Waals surface area contributed by atoms with Gasteiger partial charge in [-0.05, 0) is 25.5 Å². The van der Waals surface area contributed by atoms with Crippen molar-refractivity contribution in [2.45, 2.75) is 39.8 Å². The molecule has 0 saturated carbocycles. The van der Waals surface area contributed by atoms with Crippen LogP contribution >= 0.6 is 0 Å². The minimum absolute atomic E-state index is 0.0880. The molecular weight excluding hydrogens is 290 g/mol. The lowest BCUT2D eigenvalue weighted by Crippen LogP contribution is -2.31. The molecule has 1 aromatic heterocycles. The van der Waals surface area contributed by atoms with Gasteiger partial charge < -0.3 is 9.64 Å². The normalized spacial score (nSPS) is 12.3. The third-order valence-corrected chi connectivity index (χ3v) is 4.25. The van der Waals surface area contributed by atoms with E-state index in [1.54, 1.807) is 15.8 Å². The molecule has 1 aliphatic rings. The minimum Gasteiger partial charge on any atom is -0.488 e. The first-order valence-electron chi connectivity index (χ1n) is 8.12. The van der Waals surface area contributed by atoms with Crippen molar-refractivity contribution in [3.8, 4) is 17.0 Å². The molecule has 2 aromatic rings. The van der Waals surface area contributed by atoms with Crippen molar-refractivity contribution >= 4 is 5.91 Å². The fraction of sp³-hybridized carbons (Fsp3) is 0.444. The summed E-state index contributed by atoms with van der Waals surface area (Å²) in [7, 11) is 1.86. The van der Waals surface area contributed by atoms with Gasteiger partial charge in [0.1, 0.15) is 18.9 Å². The van der Waals surface area contributed by atoms with Crippen molar-refractivity contribution in [2.24, 2.45) is 0 Å². The molecule has 0 aliphatic carbocycles. The third-order valence-electron chi connectivity index (χ3n) is 4.25. The monoisotopic (exact) mass is 313 g/mol. The standard InChI is InChI=1S/C18H23N3O2/c1-4-5-8-20(3)17(22)11-21-18-14(10-19-21)12-23-16-7-6-13(2)9-15(16)18/h6-7,9-10H,4-5,8,11-12H2,1-3H3. The molecule has 1 aliphatic heterocycles. The second-order valence-electron chi connectivity index (χ2n) is 6.13. The number of rotatable bonds is 5. The summed E-state index contributed by atoms with van der Waals surface area (Å²) in [5, 5.41) is 4.42. The van der Waals surface area contributed by atoms with E-state index in [1.165, 1.54) is 5.56 Å². The summed E-state index contributed by atoms with van der Waals surface area (Å²) >= 11 is 0. The number of amides is 1. The molecule has 1 amide bonds. The molecule has 0 radical (unpaired) electrons. The largest absolute Gasteiger partial charge is 0.488 e. The van der Waals surface area contributed by atoms with Crippen LogP contribution in [-0.4, -0.2) is 34.2 Å². The van der Waals surface area contributed by atoms with Crippen molar-refractivity contribution in [1.29, 1.82) is 0 Å². The summed E-state index contributed by atoms with van der Waals surface area (Å²) in [6, 6.07) is 6.12. The van der Waals surface area contributed by atoms with Crippen LogP contribution in [0.5, 0.6) is 5.75 Å². The maximum absolute atomic E-state index is 12.4. The van der Waals surface area contributed by atoms with Crippen molar-refractivity contribution in [3.63, 3.8) is 0 Å². The Kier molecular flexibility index (Phi) is 4.37. The molecule has 0 bridgehead atoms. The predicted octanol–water partition coefficient (Wildman–Crippen LogP) is 3.01. The number of aromatic nitrogens is 2. The second kappa shape index (κ2) is 6.44. The van der Waals surface area contributed by atoms with Crippen LogP contribution in [0.4, 0.5) is 0 Å². The smallest absolute Gasteiger partial charge is 0.244 e. The molecule has 0 unspecified atom stereocenters. The summed E-state index contributed by atoms with van der Waals surface area (Å²) in [6.45, 7) is 5.74. The molecule has 0 saturated heterocycles. The molecule has 3 rings (SSSR count). The lowest BCUT2D eigenvalue weighted by molar-refractivity contribution is -0.130. The average molecular weight is 313 g/mol. The first kappa shape index (κ1) is 15.6. The molecule has 1 aromatic carbocycles. The molecule has 0 N–H and O–H groups in total. The van der Waals surface area contributed by atoms with Gasteiger partial charge in [0, 0.05) is 24.7 Å². The lowest BCUT2D eigenvalue weighted by atomic mass is 10.0. The van der Waals surface area contributed by atoms with Crippen LogP contribution < -0.4 is 4.74 Å². The number of aryl methyl sites for hydroxylation is 1. The van der Waals surface area contributed by atoms with Gasteiger partial charge in [0.05, 0.1) is 11.9 Å². The van der Waals surface area contributed by atoms with Gasteiger partial charge in [-0.3, -0.25) is 9.48 Å².